The van der Waals surface area contributed by atoms with Crippen LogP contribution in [-0.2, 0) is 0 Å². The van der Waals surface area contributed by atoms with Crippen LogP contribution in [0.1, 0.15) is 12.6 Å². The van der Waals surface area contributed by atoms with E-state index in [1.807, 2.05) is 4.98 Å². The molecule has 0 aliphatic carbocycles. The number of aromatic amines is 2. The molecule has 7 nitrogen and oxygen atoms in total. The highest BCUT2D eigenvalue weighted by molar-refractivity contribution is 5.76. The van der Waals surface area contributed by atoms with Crippen LogP contribution in [0.2, 0.25) is 0 Å². The fraction of sp³-hybridized carbons (Fsp3) is 0.286. The fourth-order valence-electron chi connectivity index (χ4n) is 0.782. The molecule has 0 saturated heterocycles. The van der Waals surface area contributed by atoms with Crippen LogP contribution in [0.3, 0.4) is 0 Å². The summed E-state index contributed by atoms with van der Waals surface area (Å²) in [7, 11) is 0. The average molecular weight is 197 g/mol. The second kappa shape index (κ2) is 4.38. The highest BCUT2D eigenvalue weighted by atomic mass is 16.2. The van der Waals surface area contributed by atoms with Gasteiger partial charge in [-0.2, -0.15) is 5.10 Å². The van der Waals surface area contributed by atoms with Gasteiger partial charge in [0.25, 0.3) is 5.56 Å². The van der Waals surface area contributed by atoms with E-state index in [1.54, 1.807) is 6.92 Å². The van der Waals surface area contributed by atoms with Crippen LogP contribution in [0, 0.1) is 0 Å². The van der Waals surface area contributed by atoms with Crippen molar-refractivity contribution in [3.8, 4) is 0 Å². The van der Waals surface area contributed by atoms with Gasteiger partial charge in [0.2, 0.25) is 0 Å². The third-order valence-electron chi connectivity index (χ3n) is 1.26. The molecule has 5 N–H and O–H groups in total. The summed E-state index contributed by atoms with van der Waals surface area (Å²) in [6.45, 7) is 1.71. The van der Waals surface area contributed by atoms with E-state index in [4.69, 9.17) is 5.73 Å². The number of hydrogen-bond acceptors (Lipinski definition) is 5. The molecule has 0 amide bonds. The quantitative estimate of drug-likeness (QED) is 0.262. The molecule has 0 fully saturated rings. The predicted molar refractivity (Wildman–Crippen MR) is 52.1 cm³/mol. The van der Waals surface area contributed by atoms with Crippen molar-refractivity contribution >= 4 is 6.21 Å². The average Bonchev–Trinajstić information content (AvgIpc) is 2.01. The van der Waals surface area contributed by atoms with Crippen LogP contribution in [0.4, 0.5) is 0 Å². The molecule has 76 valence electrons. The lowest BCUT2D eigenvalue weighted by atomic mass is 10.4. The first-order valence-electron chi connectivity index (χ1n) is 3.96. The zero-order chi connectivity index (χ0) is 10.6. The van der Waals surface area contributed by atoms with E-state index in [0.717, 1.165) is 0 Å². The molecule has 0 aromatic carbocycles. The second-order valence-electron chi connectivity index (χ2n) is 2.72. The normalized spacial score (nSPS) is 13.0. The minimum absolute atomic E-state index is 0.292. The molecule has 1 aromatic rings. The zero-order valence-corrected chi connectivity index (χ0v) is 7.57. The van der Waals surface area contributed by atoms with Crippen molar-refractivity contribution < 1.29 is 0 Å². The van der Waals surface area contributed by atoms with Gasteiger partial charge >= 0.3 is 5.69 Å². The Morgan fingerprint density at radius 1 is 1.57 bits per heavy atom. The molecular weight excluding hydrogens is 186 g/mol. The Morgan fingerprint density at radius 3 is 2.86 bits per heavy atom. The number of hydrogen-bond donors (Lipinski definition) is 4. The molecule has 0 aliphatic heterocycles. The molecule has 0 radical (unpaired) electrons. The van der Waals surface area contributed by atoms with Crippen molar-refractivity contribution in [2.24, 2.45) is 10.8 Å². The number of aromatic nitrogens is 2. The number of nitrogens with two attached hydrogens (primary N) is 1. The molecule has 1 atom stereocenters. The van der Waals surface area contributed by atoms with Gasteiger partial charge in [0, 0.05) is 6.07 Å². The lowest BCUT2D eigenvalue weighted by Crippen LogP contribution is -2.30. The fourth-order valence-corrected chi connectivity index (χ4v) is 0.782. The number of hydrazone groups is 1. The summed E-state index contributed by atoms with van der Waals surface area (Å²) in [4.78, 5) is 26.0. The van der Waals surface area contributed by atoms with Gasteiger partial charge in [0.1, 0.15) is 0 Å². The van der Waals surface area contributed by atoms with Crippen LogP contribution < -0.4 is 22.4 Å². The number of H-pyrrole nitrogens is 2. The van der Waals surface area contributed by atoms with Crippen molar-refractivity contribution in [3.63, 3.8) is 0 Å². The number of rotatable bonds is 3. The van der Waals surface area contributed by atoms with E-state index < -0.39 is 11.2 Å². The SMILES string of the molecule is CC(N)N/N=C\c1cc(=O)[nH]c(=O)[nH]1. The van der Waals surface area contributed by atoms with Crippen molar-refractivity contribution in [2.45, 2.75) is 13.1 Å². The molecule has 0 bridgehead atoms. The molecule has 0 spiro atoms. The Hall–Kier alpha value is -1.89. The van der Waals surface area contributed by atoms with Crippen LogP contribution in [0.25, 0.3) is 0 Å². The highest BCUT2D eigenvalue weighted by Crippen LogP contribution is 1.77. The molecule has 1 unspecified atom stereocenters. The maximum atomic E-state index is 10.8. The molecule has 1 rings (SSSR count). The maximum Gasteiger partial charge on any atom is 0.326 e. The molecule has 1 aromatic heterocycles. The largest absolute Gasteiger partial charge is 0.326 e. The van der Waals surface area contributed by atoms with Gasteiger partial charge in [0.05, 0.1) is 18.1 Å². The van der Waals surface area contributed by atoms with E-state index in [9.17, 15) is 9.59 Å². The van der Waals surface area contributed by atoms with Crippen molar-refractivity contribution in [2.75, 3.05) is 0 Å². The Labute approximate surface area is 79.0 Å². The Kier molecular flexibility index (Phi) is 3.19. The first-order valence-corrected chi connectivity index (χ1v) is 3.96. The summed E-state index contributed by atoms with van der Waals surface area (Å²) < 4.78 is 0. The van der Waals surface area contributed by atoms with Gasteiger partial charge in [-0.3, -0.25) is 15.2 Å². The Balaban J connectivity index is 2.82. The van der Waals surface area contributed by atoms with Crippen LogP contribution in [-0.4, -0.2) is 22.3 Å². The van der Waals surface area contributed by atoms with E-state index in [-0.39, 0.29) is 6.17 Å². The third kappa shape index (κ3) is 3.23. The number of nitrogens with zero attached hydrogens (tertiary/aromatic N) is 1. The highest BCUT2D eigenvalue weighted by Gasteiger charge is 1.92. The van der Waals surface area contributed by atoms with E-state index in [1.165, 1.54) is 12.3 Å². The lowest BCUT2D eigenvalue weighted by molar-refractivity contribution is 0.597. The summed E-state index contributed by atoms with van der Waals surface area (Å²) >= 11 is 0. The predicted octanol–water partition coefficient (Wildman–Crippen LogP) is -1.71. The van der Waals surface area contributed by atoms with Crippen LogP contribution in [0.5, 0.6) is 0 Å². The molecule has 0 saturated carbocycles. The first kappa shape index (κ1) is 10.2. The lowest BCUT2D eigenvalue weighted by Gasteiger charge is -2.01. The Morgan fingerprint density at radius 2 is 2.29 bits per heavy atom. The summed E-state index contributed by atoms with van der Waals surface area (Å²) in [5, 5.41) is 3.70. The molecular formula is C7H11N5O2. The Bertz CT molecular complexity index is 402. The van der Waals surface area contributed by atoms with Crippen molar-refractivity contribution in [3.05, 3.63) is 32.6 Å². The van der Waals surface area contributed by atoms with E-state index >= 15 is 0 Å². The van der Waals surface area contributed by atoms with Gasteiger partial charge < -0.3 is 10.7 Å². The molecule has 14 heavy (non-hydrogen) atoms. The molecule has 1 heterocycles. The first-order chi connectivity index (χ1) is 6.58. The van der Waals surface area contributed by atoms with Crippen LogP contribution >= 0.6 is 0 Å². The van der Waals surface area contributed by atoms with Crippen molar-refractivity contribution in [1.29, 1.82) is 0 Å². The number of nitrogens with one attached hydrogen (secondary N) is 3. The summed E-state index contributed by atoms with van der Waals surface area (Å²) in [6.07, 6.45) is 1.01. The summed E-state index contributed by atoms with van der Waals surface area (Å²) in [5.41, 5.74) is 7.16. The van der Waals surface area contributed by atoms with Crippen LogP contribution in [0.15, 0.2) is 20.8 Å². The third-order valence-corrected chi connectivity index (χ3v) is 1.26. The van der Waals surface area contributed by atoms with Crippen molar-refractivity contribution in [1.82, 2.24) is 15.4 Å². The van der Waals surface area contributed by atoms with Gasteiger partial charge in [-0.1, -0.05) is 0 Å². The van der Waals surface area contributed by atoms with E-state index in [2.05, 4.69) is 15.5 Å². The minimum atomic E-state index is -0.570. The smallest absolute Gasteiger partial charge is 0.311 e. The van der Waals surface area contributed by atoms with Gasteiger partial charge in [-0.25, -0.2) is 4.79 Å². The maximum absolute atomic E-state index is 10.8. The standard InChI is InChI=1S/C7H11N5O2/c1-4(8)12-9-3-5-2-6(13)11-7(14)10-5/h2-4,12H,8H2,1H3,(H2,10,11,13,14)/b9-3-. The second-order valence-corrected chi connectivity index (χ2v) is 2.72. The summed E-state index contributed by atoms with van der Waals surface area (Å²) in [6, 6.07) is 1.22. The van der Waals surface area contributed by atoms with Gasteiger partial charge in [-0.15, -0.1) is 0 Å². The summed E-state index contributed by atoms with van der Waals surface area (Å²) in [5.74, 6) is 0. The monoisotopic (exact) mass is 197 g/mol. The molecule has 0 aliphatic rings. The van der Waals surface area contributed by atoms with E-state index in [0.29, 0.717) is 5.69 Å². The van der Waals surface area contributed by atoms with Gasteiger partial charge in [0.15, 0.2) is 0 Å². The van der Waals surface area contributed by atoms with Gasteiger partial charge in [-0.05, 0) is 6.92 Å². The molecule has 7 heteroatoms. The minimum Gasteiger partial charge on any atom is -0.311 e. The zero-order valence-electron chi connectivity index (χ0n) is 7.57. The topological polar surface area (TPSA) is 116 Å².